The monoisotopic (exact) mass is 227 g/mol. The maximum Gasteiger partial charge on any atom is 0.132 e. The Bertz CT molecular complexity index is 309. The summed E-state index contributed by atoms with van der Waals surface area (Å²) in [6.45, 7) is 3.61. The van der Waals surface area contributed by atoms with E-state index in [0.29, 0.717) is 18.5 Å². The third kappa shape index (κ3) is 2.38. The molecule has 1 aliphatic rings. The molecule has 2 atom stereocenters. The Labute approximate surface area is 94.2 Å². The minimum absolute atomic E-state index is 0.0952. The Morgan fingerprint density at radius 3 is 3.20 bits per heavy atom. The van der Waals surface area contributed by atoms with E-state index in [0.717, 1.165) is 12.4 Å². The molecule has 5 heteroatoms. The third-order valence-corrected chi connectivity index (χ3v) is 2.88. The molecule has 0 saturated carbocycles. The highest BCUT2D eigenvalue weighted by Gasteiger charge is 2.26. The van der Waals surface area contributed by atoms with E-state index < -0.39 is 0 Å². The van der Waals surface area contributed by atoms with Crippen LogP contribution in [-0.4, -0.2) is 41.1 Å². The first-order chi connectivity index (χ1) is 7.31. The predicted molar refractivity (Wildman–Crippen MR) is 59.3 cm³/mol. The zero-order valence-electron chi connectivity index (χ0n) is 8.64. The molecule has 4 nitrogen and oxygen atoms in total. The first kappa shape index (κ1) is 10.6. The van der Waals surface area contributed by atoms with Crippen LogP contribution in [0.2, 0.25) is 0 Å². The molecular formula is C10H14ClN3O. The van der Waals surface area contributed by atoms with Gasteiger partial charge in [0.1, 0.15) is 12.1 Å². The molecule has 0 radical (unpaired) electrons. The fraction of sp³-hybridized carbons (Fsp3) is 0.600. The molecule has 2 unspecified atom stereocenters. The van der Waals surface area contributed by atoms with Crippen LogP contribution in [0.5, 0.6) is 0 Å². The van der Waals surface area contributed by atoms with E-state index in [4.69, 9.17) is 16.3 Å². The van der Waals surface area contributed by atoms with Gasteiger partial charge in [0.15, 0.2) is 0 Å². The highest BCUT2D eigenvalue weighted by molar-refractivity contribution is 6.18. The highest BCUT2D eigenvalue weighted by Crippen LogP contribution is 2.19. The van der Waals surface area contributed by atoms with Gasteiger partial charge < -0.3 is 9.64 Å². The number of ether oxygens (including phenoxy) is 1. The first-order valence-electron chi connectivity index (χ1n) is 5.01. The zero-order valence-corrected chi connectivity index (χ0v) is 9.39. The number of hydrogen-bond donors (Lipinski definition) is 0. The number of rotatable bonds is 2. The highest BCUT2D eigenvalue weighted by atomic mass is 35.5. The summed E-state index contributed by atoms with van der Waals surface area (Å²) >= 11 is 5.80. The van der Waals surface area contributed by atoms with E-state index in [2.05, 4.69) is 21.8 Å². The van der Waals surface area contributed by atoms with Gasteiger partial charge in [-0.1, -0.05) is 0 Å². The number of morpholine rings is 1. The summed E-state index contributed by atoms with van der Waals surface area (Å²) in [5.74, 6) is 1.46. The second-order valence-electron chi connectivity index (χ2n) is 3.68. The van der Waals surface area contributed by atoms with Gasteiger partial charge in [0.2, 0.25) is 0 Å². The van der Waals surface area contributed by atoms with Crippen molar-refractivity contribution < 1.29 is 4.74 Å². The molecule has 0 spiro atoms. The summed E-state index contributed by atoms with van der Waals surface area (Å²) in [4.78, 5) is 10.4. The molecule has 0 amide bonds. The summed E-state index contributed by atoms with van der Waals surface area (Å²) in [5, 5.41) is 0. The molecule has 15 heavy (non-hydrogen) atoms. The summed E-state index contributed by atoms with van der Waals surface area (Å²) in [5.41, 5.74) is 0. The number of halogens is 1. The van der Waals surface area contributed by atoms with Crippen LogP contribution in [0.4, 0.5) is 5.82 Å². The summed E-state index contributed by atoms with van der Waals surface area (Å²) in [6, 6.07) is 2.24. The molecule has 0 N–H and O–H groups in total. The Kier molecular flexibility index (Phi) is 3.38. The Balaban J connectivity index is 2.13. The second kappa shape index (κ2) is 4.77. The average molecular weight is 228 g/mol. The first-order valence-corrected chi connectivity index (χ1v) is 5.55. The largest absolute Gasteiger partial charge is 0.373 e. The molecule has 0 aliphatic carbocycles. The van der Waals surface area contributed by atoms with Crippen molar-refractivity contribution in [2.75, 3.05) is 23.9 Å². The fourth-order valence-corrected chi connectivity index (χ4v) is 1.87. The van der Waals surface area contributed by atoms with E-state index in [-0.39, 0.29) is 6.10 Å². The lowest BCUT2D eigenvalue weighted by Gasteiger charge is -2.38. The molecule has 1 saturated heterocycles. The molecule has 0 aromatic carbocycles. The van der Waals surface area contributed by atoms with Crippen molar-refractivity contribution in [1.82, 2.24) is 9.97 Å². The zero-order chi connectivity index (χ0) is 10.7. The predicted octanol–water partition coefficient (Wildman–Crippen LogP) is 1.31. The Morgan fingerprint density at radius 2 is 2.53 bits per heavy atom. The molecule has 1 aromatic rings. The van der Waals surface area contributed by atoms with E-state index in [1.54, 1.807) is 12.5 Å². The average Bonchev–Trinajstić information content (AvgIpc) is 2.31. The number of aromatic nitrogens is 2. The maximum absolute atomic E-state index is 5.80. The summed E-state index contributed by atoms with van der Waals surface area (Å²) < 4.78 is 5.57. The Hall–Kier alpha value is -0.870. The standard InChI is InChI=1S/C10H14ClN3O/c1-8-6-15-9(4-11)5-14(8)10-2-3-12-7-13-10/h2-3,7-9H,4-6H2,1H3. The summed E-state index contributed by atoms with van der Waals surface area (Å²) in [6.07, 6.45) is 3.41. The van der Waals surface area contributed by atoms with E-state index in [9.17, 15) is 0 Å². The molecule has 0 bridgehead atoms. The number of nitrogens with zero attached hydrogens (tertiary/aromatic N) is 3. The van der Waals surface area contributed by atoms with Gasteiger partial charge in [-0.15, -0.1) is 11.6 Å². The maximum atomic E-state index is 5.80. The Morgan fingerprint density at radius 1 is 1.67 bits per heavy atom. The van der Waals surface area contributed by atoms with Crippen molar-refractivity contribution in [3.8, 4) is 0 Å². The second-order valence-corrected chi connectivity index (χ2v) is 3.99. The smallest absolute Gasteiger partial charge is 0.132 e. The summed E-state index contributed by atoms with van der Waals surface area (Å²) in [7, 11) is 0. The van der Waals surface area contributed by atoms with Crippen LogP contribution >= 0.6 is 11.6 Å². The van der Waals surface area contributed by atoms with Crippen LogP contribution in [0.15, 0.2) is 18.6 Å². The third-order valence-electron chi connectivity index (χ3n) is 2.54. The quantitative estimate of drug-likeness (QED) is 0.715. The van der Waals surface area contributed by atoms with Gasteiger partial charge in [-0.05, 0) is 13.0 Å². The minimum Gasteiger partial charge on any atom is -0.373 e. The van der Waals surface area contributed by atoms with Gasteiger partial charge in [0, 0.05) is 12.7 Å². The number of anilines is 1. The van der Waals surface area contributed by atoms with Crippen molar-refractivity contribution in [3.05, 3.63) is 18.6 Å². The lowest BCUT2D eigenvalue weighted by atomic mass is 10.2. The topological polar surface area (TPSA) is 38.2 Å². The molecule has 2 rings (SSSR count). The van der Waals surface area contributed by atoms with Gasteiger partial charge in [-0.2, -0.15) is 0 Å². The van der Waals surface area contributed by atoms with Crippen molar-refractivity contribution in [1.29, 1.82) is 0 Å². The van der Waals surface area contributed by atoms with Crippen LogP contribution in [0.25, 0.3) is 0 Å². The number of hydrogen-bond acceptors (Lipinski definition) is 4. The molecule has 82 valence electrons. The van der Waals surface area contributed by atoms with Crippen LogP contribution < -0.4 is 4.90 Å². The molecule has 1 aromatic heterocycles. The van der Waals surface area contributed by atoms with E-state index >= 15 is 0 Å². The van der Waals surface area contributed by atoms with Crippen LogP contribution in [0, 0.1) is 0 Å². The SMILES string of the molecule is CC1COC(CCl)CN1c1ccncn1. The molecule has 2 heterocycles. The van der Waals surface area contributed by atoms with Crippen molar-refractivity contribution >= 4 is 17.4 Å². The molecule has 1 fully saturated rings. The van der Waals surface area contributed by atoms with Crippen molar-refractivity contribution in [2.45, 2.75) is 19.1 Å². The van der Waals surface area contributed by atoms with Gasteiger partial charge in [0.25, 0.3) is 0 Å². The van der Waals surface area contributed by atoms with Crippen LogP contribution in [0.3, 0.4) is 0 Å². The molecule has 1 aliphatic heterocycles. The van der Waals surface area contributed by atoms with E-state index in [1.807, 2.05) is 6.07 Å². The van der Waals surface area contributed by atoms with Crippen molar-refractivity contribution in [2.24, 2.45) is 0 Å². The van der Waals surface area contributed by atoms with Gasteiger partial charge in [0.05, 0.1) is 24.6 Å². The van der Waals surface area contributed by atoms with Gasteiger partial charge in [-0.25, -0.2) is 9.97 Å². The number of alkyl halides is 1. The van der Waals surface area contributed by atoms with Crippen LogP contribution in [-0.2, 0) is 4.74 Å². The normalized spacial score (nSPS) is 26.7. The fourth-order valence-electron chi connectivity index (χ4n) is 1.68. The lowest BCUT2D eigenvalue weighted by molar-refractivity contribution is 0.0361. The lowest BCUT2D eigenvalue weighted by Crippen LogP contribution is -2.49. The van der Waals surface area contributed by atoms with Gasteiger partial charge >= 0.3 is 0 Å². The minimum atomic E-state index is 0.0952. The van der Waals surface area contributed by atoms with E-state index in [1.165, 1.54) is 0 Å². The van der Waals surface area contributed by atoms with Gasteiger partial charge in [-0.3, -0.25) is 0 Å². The van der Waals surface area contributed by atoms with Crippen LogP contribution in [0.1, 0.15) is 6.92 Å². The van der Waals surface area contributed by atoms with Crippen molar-refractivity contribution in [3.63, 3.8) is 0 Å². The molecular weight excluding hydrogens is 214 g/mol.